The molecule has 0 fully saturated rings. The largest absolute Gasteiger partial charge is 0.398 e. The molecule has 1 nitrogen and oxygen atoms in total. The molecule has 0 saturated heterocycles. The Kier molecular flexibility index (Phi) is 2.96. The van der Waals surface area contributed by atoms with Gasteiger partial charge in [0.05, 0.1) is 0 Å². The molecular weight excluding hydrogens is 194 g/mol. The molecule has 1 atom stereocenters. The normalized spacial score (nSPS) is 22.1. The zero-order chi connectivity index (χ0) is 11.8. The molecule has 0 saturated carbocycles. The summed E-state index contributed by atoms with van der Waals surface area (Å²) >= 11 is 0. The summed E-state index contributed by atoms with van der Waals surface area (Å²) in [7, 11) is 0. The van der Waals surface area contributed by atoms with Crippen LogP contribution in [0.15, 0.2) is 18.2 Å². The van der Waals surface area contributed by atoms with Crippen LogP contribution in [-0.2, 0) is 5.41 Å². The summed E-state index contributed by atoms with van der Waals surface area (Å²) in [4.78, 5) is 0. The minimum Gasteiger partial charge on any atom is -0.398 e. The number of hydrogen-bond donors (Lipinski definition) is 1. The van der Waals surface area contributed by atoms with E-state index < -0.39 is 0 Å². The lowest BCUT2D eigenvalue weighted by Gasteiger charge is -2.28. The van der Waals surface area contributed by atoms with E-state index in [1.165, 1.54) is 36.8 Å². The number of fused-ring (bicyclic) bond motifs is 1. The fraction of sp³-hybridized carbons (Fsp3) is 0.600. The highest BCUT2D eigenvalue weighted by molar-refractivity contribution is 5.58. The van der Waals surface area contributed by atoms with Gasteiger partial charge in [-0.3, -0.25) is 0 Å². The molecule has 0 amide bonds. The van der Waals surface area contributed by atoms with Crippen molar-refractivity contribution in [2.24, 2.45) is 0 Å². The van der Waals surface area contributed by atoms with Crippen molar-refractivity contribution >= 4 is 5.69 Å². The first-order chi connectivity index (χ1) is 7.68. The van der Waals surface area contributed by atoms with Crippen LogP contribution in [0.25, 0.3) is 0 Å². The van der Waals surface area contributed by atoms with Crippen molar-refractivity contribution < 1.29 is 0 Å². The number of rotatable bonds is 3. The fourth-order valence-corrected chi connectivity index (χ4v) is 3.45. The predicted molar refractivity (Wildman–Crippen MR) is 70.8 cm³/mol. The van der Waals surface area contributed by atoms with Gasteiger partial charge in [0.2, 0.25) is 0 Å². The Balaban J connectivity index is 2.58. The smallest absolute Gasteiger partial charge is 0.0352 e. The van der Waals surface area contributed by atoms with Crippen LogP contribution in [0.4, 0.5) is 5.69 Å². The van der Waals surface area contributed by atoms with Gasteiger partial charge in [-0.25, -0.2) is 0 Å². The molecule has 2 N–H and O–H groups in total. The first-order valence-electron chi connectivity index (χ1n) is 6.57. The number of anilines is 1. The van der Waals surface area contributed by atoms with Crippen LogP contribution in [-0.4, -0.2) is 0 Å². The average Bonchev–Trinajstić information content (AvgIpc) is 2.65. The van der Waals surface area contributed by atoms with E-state index in [2.05, 4.69) is 39.0 Å². The monoisotopic (exact) mass is 217 g/mol. The van der Waals surface area contributed by atoms with Gasteiger partial charge in [0.15, 0.2) is 0 Å². The van der Waals surface area contributed by atoms with Gasteiger partial charge in [-0.15, -0.1) is 0 Å². The van der Waals surface area contributed by atoms with Gasteiger partial charge in [0.1, 0.15) is 0 Å². The van der Waals surface area contributed by atoms with Gasteiger partial charge in [0.25, 0.3) is 0 Å². The second kappa shape index (κ2) is 4.12. The van der Waals surface area contributed by atoms with Gasteiger partial charge < -0.3 is 5.73 Å². The zero-order valence-electron chi connectivity index (χ0n) is 10.7. The molecule has 2 rings (SSSR count). The third-order valence-corrected chi connectivity index (χ3v) is 4.60. The molecule has 1 aromatic rings. The van der Waals surface area contributed by atoms with E-state index in [0.29, 0.717) is 11.3 Å². The molecule has 0 aromatic heterocycles. The maximum absolute atomic E-state index is 6.17. The van der Waals surface area contributed by atoms with Crippen molar-refractivity contribution in [1.29, 1.82) is 0 Å². The number of nitrogens with two attached hydrogens (primary N) is 1. The standard InChI is InChI=1S/C15H23N/c1-4-11-10-15(5-2,6-3)12-8-7-9-13(16)14(11)12/h7-9,11H,4-6,10,16H2,1-3H3. The van der Waals surface area contributed by atoms with E-state index in [1.54, 1.807) is 0 Å². The molecule has 0 radical (unpaired) electrons. The van der Waals surface area contributed by atoms with Gasteiger partial charge in [-0.05, 0) is 54.2 Å². The highest BCUT2D eigenvalue weighted by Crippen LogP contribution is 2.52. The summed E-state index contributed by atoms with van der Waals surface area (Å²) in [5, 5.41) is 0. The average molecular weight is 217 g/mol. The van der Waals surface area contributed by atoms with Crippen molar-refractivity contribution in [3.05, 3.63) is 29.3 Å². The van der Waals surface area contributed by atoms with Crippen molar-refractivity contribution in [2.75, 3.05) is 5.73 Å². The molecule has 0 spiro atoms. The van der Waals surface area contributed by atoms with Crippen molar-refractivity contribution in [2.45, 2.75) is 57.8 Å². The molecule has 1 aliphatic carbocycles. The highest BCUT2D eigenvalue weighted by atomic mass is 14.6. The molecule has 1 heteroatoms. The van der Waals surface area contributed by atoms with Crippen LogP contribution in [0.5, 0.6) is 0 Å². The van der Waals surface area contributed by atoms with E-state index in [-0.39, 0.29) is 0 Å². The lowest BCUT2D eigenvalue weighted by Crippen LogP contribution is -2.20. The Labute approximate surface area is 99.0 Å². The zero-order valence-corrected chi connectivity index (χ0v) is 10.7. The molecule has 16 heavy (non-hydrogen) atoms. The minimum absolute atomic E-state index is 0.394. The van der Waals surface area contributed by atoms with Gasteiger partial charge in [0, 0.05) is 5.69 Å². The Morgan fingerprint density at radius 3 is 2.50 bits per heavy atom. The van der Waals surface area contributed by atoms with E-state index in [0.717, 1.165) is 5.69 Å². The van der Waals surface area contributed by atoms with Gasteiger partial charge in [-0.2, -0.15) is 0 Å². The number of nitrogen functional groups attached to an aromatic ring is 1. The van der Waals surface area contributed by atoms with Crippen LogP contribution in [0, 0.1) is 0 Å². The Bertz CT molecular complexity index is 377. The molecule has 88 valence electrons. The topological polar surface area (TPSA) is 26.0 Å². The summed E-state index contributed by atoms with van der Waals surface area (Å²) in [5.41, 5.74) is 10.6. The molecule has 1 unspecified atom stereocenters. The van der Waals surface area contributed by atoms with Crippen LogP contribution in [0.3, 0.4) is 0 Å². The number of benzene rings is 1. The summed E-state index contributed by atoms with van der Waals surface area (Å²) in [5.74, 6) is 0.677. The third-order valence-electron chi connectivity index (χ3n) is 4.60. The van der Waals surface area contributed by atoms with Crippen LogP contribution in [0.2, 0.25) is 0 Å². The van der Waals surface area contributed by atoms with Crippen molar-refractivity contribution in [3.63, 3.8) is 0 Å². The molecule has 0 heterocycles. The molecule has 0 aliphatic heterocycles. The second-order valence-corrected chi connectivity index (χ2v) is 5.11. The maximum Gasteiger partial charge on any atom is 0.0352 e. The maximum atomic E-state index is 6.17. The second-order valence-electron chi connectivity index (χ2n) is 5.11. The summed E-state index contributed by atoms with van der Waals surface area (Å²) in [6.07, 6.45) is 4.97. The Morgan fingerprint density at radius 2 is 1.94 bits per heavy atom. The van der Waals surface area contributed by atoms with Gasteiger partial charge in [-0.1, -0.05) is 32.9 Å². The molecule has 0 bridgehead atoms. The highest BCUT2D eigenvalue weighted by Gasteiger charge is 2.41. The Morgan fingerprint density at radius 1 is 1.25 bits per heavy atom. The van der Waals surface area contributed by atoms with Crippen molar-refractivity contribution in [3.8, 4) is 0 Å². The van der Waals surface area contributed by atoms with Gasteiger partial charge >= 0.3 is 0 Å². The lowest BCUT2D eigenvalue weighted by molar-refractivity contribution is 0.367. The fourth-order valence-electron chi connectivity index (χ4n) is 3.45. The molecule has 1 aliphatic rings. The Hall–Kier alpha value is -0.980. The molecule has 1 aromatic carbocycles. The van der Waals surface area contributed by atoms with E-state index in [4.69, 9.17) is 5.73 Å². The lowest BCUT2D eigenvalue weighted by atomic mass is 9.76. The van der Waals surface area contributed by atoms with E-state index in [9.17, 15) is 0 Å². The third kappa shape index (κ3) is 1.45. The SMILES string of the molecule is CCC1CC(CC)(CC)c2cccc(N)c21. The minimum atomic E-state index is 0.394. The van der Waals surface area contributed by atoms with E-state index in [1.807, 2.05) is 0 Å². The summed E-state index contributed by atoms with van der Waals surface area (Å²) < 4.78 is 0. The van der Waals surface area contributed by atoms with Crippen LogP contribution in [0.1, 0.15) is 63.5 Å². The van der Waals surface area contributed by atoms with Crippen LogP contribution >= 0.6 is 0 Å². The quantitative estimate of drug-likeness (QED) is 0.754. The summed E-state index contributed by atoms with van der Waals surface area (Å²) in [6.45, 7) is 6.91. The van der Waals surface area contributed by atoms with E-state index >= 15 is 0 Å². The predicted octanol–water partition coefficient (Wildman–Crippen LogP) is 4.22. The first kappa shape index (κ1) is 11.5. The van der Waals surface area contributed by atoms with Crippen molar-refractivity contribution in [1.82, 2.24) is 0 Å². The molecular formula is C15H23N. The number of hydrogen-bond acceptors (Lipinski definition) is 1. The first-order valence-corrected chi connectivity index (χ1v) is 6.57. The van der Waals surface area contributed by atoms with Crippen LogP contribution < -0.4 is 5.73 Å². The summed E-state index contributed by atoms with van der Waals surface area (Å²) in [6, 6.07) is 6.48.